The molecule has 0 amide bonds. The largest absolute Gasteiger partial charge is 0.416 e. The number of halogens is 4. The maximum Gasteiger partial charge on any atom is 0.416 e. The van der Waals surface area contributed by atoms with Crippen molar-refractivity contribution >= 4 is 27.7 Å². The highest BCUT2D eigenvalue weighted by atomic mass is 79.9. The number of hydrogen-bond donors (Lipinski definition) is 0. The average molecular weight is 417 g/mol. The van der Waals surface area contributed by atoms with E-state index < -0.39 is 11.7 Å². The summed E-state index contributed by atoms with van der Waals surface area (Å²) in [7, 11) is 0. The summed E-state index contributed by atoms with van der Waals surface area (Å²) in [6.45, 7) is 0. The van der Waals surface area contributed by atoms with Gasteiger partial charge in [-0.05, 0) is 23.8 Å². The molecular formula is C14H8BrF3N4OS. The highest BCUT2D eigenvalue weighted by molar-refractivity contribution is 9.10. The third kappa shape index (κ3) is 3.93. The summed E-state index contributed by atoms with van der Waals surface area (Å²) < 4.78 is 44.3. The lowest BCUT2D eigenvalue weighted by Crippen LogP contribution is -2.05. The first-order chi connectivity index (χ1) is 11.4. The van der Waals surface area contributed by atoms with Gasteiger partial charge in [0.1, 0.15) is 5.69 Å². The molecule has 0 saturated carbocycles. The number of nitrogens with zero attached hydrogens (tertiary/aromatic N) is 4. The first-order valence-corrected chi connectivity index (χ1v) is 8.29. The van der Waals surface area contributed by atoms with E-state index in [1.165, 1.54) is 24.7 Å². The minimum absolute atomic E-state index is 0.203. The fraction of sp³-hybridized carbons (Fsp3) is 0.143. The zero-order valence-electron chi connectivity index (χ0n) is 11.8. The standard InChI is InChI=1S/C14H8BrF3N4OS/c15-10-2-1-9(14(16,17)18)5-8(10)7-24-13-22-21-12(23-13)11-6-19-3-4-20-11/h1-6H,7H2. The van der Waals surface area contributed by atoms with Crippen LogP contribution in [0.3, 0.4) is 0 Å². The summed E-state index contributed by atoms with van der Waals surface area (Å²) >= 11 is 4.38. The summed E-state index contributed by atoms with van der Waals surface area (Å²) in [5.41, 5.74) is 0.207. The van der Waals surface area contributed by atoms with Crippen LogP contribution in [0.5, 0.6) is 0 Å². The Morgan fingerprint density at radius 1 is 1.17 bits per heavy atom. The molecule has 0 fully saturated rings. The summed E-state index contributed by atoms with van der Waals surface area (Å²) in [5.74, 6) is 0.445. The van der Waals surface area contributed by atoms with Gasteiger partial charge in [-0.25, -0.2) is 4.98 Å². The zero-order valence-corrected chi connectivity index (χ0v) is 14.2. The summed E-state index contributed by atoms with van der Waals surface area (Å²) in [4.78, 5) is 7.93. The minimum atomic E-state index is -4.39. The lowest BCUT2D eigenvalue weighted by Gasteiger charge is -2.09. The van der Waals surface area contributed by atoms with Crippen molar-refractivity contribution in [3.8, 4) is 11.6 Å². The molecule has 3 rings (SSSR count). The fourth-order valence-electron chi connectivity index (χ4n) is 1.78. The molecule has 0 unspecified atom stereocenters. The van der Waals surface area contributed by atoms with Gasteiger partial charge in [-0.1, -0.05) is 27.7 Å². The molecule has 0 spiro atoms. The first kappa shape index (κ1) is 16.9. The lowest BCUT2D eigenvalue weighted by atomic mass is 10.1. The van der Waals surface area contributed by atoms with Crippen molar-refractivity contribution in [1.82, 2.24) is 20.2 Å². The SMILES string of the molecule is FC(F)(F)c1ccc(Br)c(CSc2nnc(-c3cnccn3)o2)c1. The maximum absolute atomic E-state index is 12.8. The van der Waals surface area contributed by atoms with Crippen LogP contribution in [0.15, 0.2) is 50.9 Å². The second-order valence-corrected chi connectivity index (χ2v) is 6.34. The highest BCUT2D eigenvalue weighted by Crippen LogP contribution is 2.34. The van der Waals surface area contributed by atoms with Crippen LogP contribution in [0.25, 0.3) is 11.6 Å². The van der Waals surface area contributed by atoms with E-state index in [-0.39, 0.29) is 16.9 Å². The Morgan fingerprint density at radius 2 is 2.00 bits per heavy atom. The van der Waals surface area contributed by atoms with E-state index in [0.29, 0.717) is 15.7 Å². The molecule has 3 aromatic rings. The van der Waals surface area contributed by atoms with Gasteiger partial charge in [0, 0.05) is 22.6 Å². The number of aromatic nitrogens is 4. The van der Waals surface area contributed by atoms with Crippen molar-refractivity contribution in [2.75, 3.05) is 0 Å². The molecule has 2 heterocycles. The zero-order chi connectivity index (χ0) is 17.2. The molecule has 124 valence electrons. The Morgan fingerprint density at radius 3 is 2.71 bits per heavy atom. The molecule has 0 atom stereocenters. The van der Waals surface area contributed by atoms with Crippen LogP contribution in [-0.2, 0) is 11.9 Å². The molecule has 0 bridgehead atoms. The first-order valence-electron chi connectivity index (χ1n) is 6.52. The van der Waals surface area contributed by atoms with Crippen molar-refractivity contribution in [3.05, 3.63) is 52.4 Å². The maximum atomic E-state index is 12.8. The number of benzene rings is 1. The number of thioether (sulfide) groups is 1. The highest BCUT2D eigenvalue weighted by Gasteiger charge is 2.30. The molecule has 2 aromatic heterocycles. The van der Waals surface area contributed by atoms with E-state index in [9.17, 15) is 13.2 Å². The van der Waals surface area contributed by atoms with Crippen LogP contribution in [0, 0.1) is 0 Å². The van der Waals surface area contributed by atoms with Gasteiger partial charge in [0.05, 0.1) is 11.8 Å². The molecule has 0 aliphatic rings. The van der Waals surface area contributed by atoms with Crippen LogP contribution in [0.1, 0.15) is 11.1 Å². The predicted molar refractivity (Wildman–Crippen MR) is 84.0 cm³/mol. The van der Waals surface area contributed by atoms with Crippen LogP contribution in [0.4, 0.5) is 13.2 Å². The van der Waals surface area contributed by atoms with Crippen LogP contribution < -0.4 is 0 Å². The quantitative estimate of drug-likeness (QED) is 0.579. The van der Waals surface area contributed by atoms with Crippen molar-refractivity contribution in [3.63, 3.8) is 0 Å². The summed E-state index contributed by atoms with van der Waals surface area (Å²) in [5, 5.41) is 7.93. The average Bonchev–Trinajstić information content (AvgIpc) is 3.03. The molecule has 1 aromatic carbocycles. The Kier molecular flexibility index (Phi) is 4.86. The molecule has 10 heteroatoms. The molecule has 0 saturated heterocycles. The molecular weight excluding hydrogens is 409 g/mol. The van der Waals surface area contributed by atoms with Crippen molar-refractivity contribution in [1.29, 1.82) is 0 Å². The predicted octanol–water partition coefficient (Wildman–Crippen LogP) is 4.60. The van der Waals surface area contributed by atoms with Gasteiger partial charge in [-0.3, -0.25) is 4.98 Å². The third-order valence-corrected chi connectivity index (χ3v) is 4.55. The Hall–Kier alpha value is -1.94. The smallest absolute Gasteiger partial charge is 0.410 e. The molecule has 0 aliphatic carbocycles. The van der Waals surface area contributed by atoms with Gasteiger partial charge in [0.25, 0.3) is 11.1 Å². The number of rotatable bonds is 4. The summed E-state index contributed by atoms with van der Waals surface area (Å²) in [6, 6.07) is 3.49. The van der Waals surface area contributed by atoms with Gasteiger partial charge < -0.3 is 4.42 Å². The van der Waals surface area contributed by atoms with Crippen LogP contribution >= 0.6 is 27.7 Å². The lowest BCUT2D eigenvalue weighted by molar-refractivity contribution is -0.137. The number of hydrogen-bond acceptors (Lipinski definition) is 6. The molecule has 24 heavy (non-hydrogen) atoms. The summed E-state index contributed by atoms with van der Waals surface area (Å²) in [6.07, 6.45) is 0.0991. The van der Waals surface area contributed by atoms with Crippen LogP contribution in [0.2, 0.25) is 0 Å². The fourth-order valence-corrected chi connectivity index (χ4v) is 3.11. The Balaban J connectivity index is 1.74. The number of alkyl halides is 3. The van der Waals surface area contributed by atoms with Crippen molar-refractivity contribution in [2.24, 2.45) is 0 Å². The van der Waals surface area contributed by atoms with Gasteiger partial charge in [-0.2, -0.15) is 13.2 Å². The van der Waals surface area contributed by atoms with Crippen LogP contribution in [-0.4, -0.2) is 20.2 Å². The third-order valence-electron chi connectivity index (χ3n) is 2.91. The van der Waals surface area contributed by atoms with E-state index in [2.05, 4.69) is 36.1 Å². The minimum Gasteiger partial charge on any atom is -0.410 e. The van der Waals surface area contributed by atoms with Gasteiger partial charge >= 0.3 is 6.18 Å². The second kappa shape index (κ2) is 6.89. The van der Waals surface area contributed by atoms with E-state index in [0.717, 1.165) is 23.9 Å². The molecule has 0 radical (unpaired) electrons. The second-order valence-electron chi connectivity index (χ2n) is 4.56. The van der Waals surface area contributed by atoms with Gasteiger partial charge in [-0.15, -0.1) is 10.2 Å². The molecule has 0 N–H and O–H groups in total. The van der Waals surface area contributed by atoms with E-state index >= 15 is 0 Å². The van der Waals surface area contributed by atoms with E-state index in [1.807, 2.05) is 0 Å². The Labute approximate surface area is 146 Å². The topological polar surface area (TPSA) is 64.7 Å². The van der Waals surface area contributed by atoms with Crippen molar-refractivity contribution < 1.29 is 17.6 Å². The normalized spacial score (nSPS) is 11.7. The Bertz CT molecular complexity index is 842. The van der Waals surface area contributed by atoms with Gasteiger partial charge in [0.15, 0.2) is 0 Å². The monoisotopic (exact) mass is 416 g/mol. The molecule has 5 nitrogen and oxygen atoms in total. The molecule has 0 aliphatic heterocycles. The van der Waals surface area contributed by atoms with Crippen molar-refractivity contribution in [2.45, 2.75) is 17.2 Å². The van der Waals surface area contributed by atoms with E-state index in [1.54, 1.807) is 0 Å². The van der Waals surface area contributed by atoms with E-state index in [4.69, 9.17) is 4.42 Å². The van der Waals surface area contributed by atoms with Gasteiger partial charge in [0.2, 0.25) is 0 Å².